The average Bonchev–Trinajstić information content (AvgIpc) is 2.52. The van der Waals surface area contributed by atoms with Crippen molar-refractivity contribution in [3.63, 3.8) is 0 Å². The molecule has 0 spiro atoms. The summed E-state index contributed by atoms with van der Waals surface area (Å²) in [6.07, 6.45) is 4.15. The number of hydrogen-bond acceptors (Lipinski definition) is 5. The largest absolute Gasteiger partial charge is 0.493 e. The molecule has 21 heavy (non-hydrogen) atoms. The number of halogens is 1. The van der Waals surface area contributed by atoms with Gasteiger partial charge in [0.2, 0.25) is 5.43 Å². The minimum atomic E-state index is -0.277. The van der Waals surface area contributed by atoms with Gasteiger partial charge in [0.25, 0.3) is 0 Å². The summed E-state index contributed by atoms with van der Waals surface area (Å²) in [5.74, 6) is 1.03. The molecule has 1 fully saturated rings. The highest BCUT2D eigenvalue weighted by molar-refractivity contribution is 14.1. The summed E-state index contributed by atoms with van der Waals surface area (Å²) in [4.78, 5) is 12.1. The van der Waals surface area contributed by atoms with Crippen LogP contribution in [-0.2, 0) is 4.74 Å². The lowest BCUT2D eigenvalue weighted by molar-refractivity contribution is -0.106. The maximum Gasteiger partial charge on any atom is 0.206 e. The monoisotopic (exact) mass is 402 g/mol. The van der Waals surface area contributed by atoms with Gasteiger partial charge in [0.05, 0.1) is 22.7 Å². The van der Waals surface area contributed by atoms with Crippen LogP contribution in [0.15, 0.2) is 27.6 Å². The van der Waals surface area contributed by atoms with Gasteiger partial charge in [0, 0.05) is 12.5 Å². The van der Waals surface area contributed by atoms with Crippen molar-refractivity contribution in [3.8, 4) is 11.5 Å². The molecule has 1 aromatic heterocycles. The van der Waals surface area contributed by atoms with Gasteiger partial charge < -0.3 is 18.6 Å². The molecule has 0 radical (unpaired) electrons. The molecule has 1 atom stereocenters. The lowest BCUT2D eigenvalue weighted by Crippen LogP contribution is -2.25. The van der Waals surface area contributed by atoms with Crippen molar-refractivity contribution in [1.29, 1.82) is 0 Å². The average molecular weight is 402 g/mol. The van der Waals surface area contributed by atoms with E-state index in [-0.39, 0.29) is 11.7 Å². The number of benzene rings is 1. The molecule has 0 aliphatic carbocycles. The van der Waals surface area contributed by atoms with Crippen molar-refractivity contribution in [2.75, 3.05) is 13.7 Å². The van der Waals surface area contributed by atoms with Gasteiger partial charge in [-0.15, -0.1) is 0 Å². The van der Waals surface area contributed by atoms with Crippen LogP contribution in [0.5, 0.6) is 11.5 Å². The maximum absolute atomic E-state index is 12.1. The Morgan fingerprint density at radius 1 is 1.29 bits per heavy atom. The van der Waals surface area contributed by atoms with E-state index in [0.717, 1.165) is 19.3 Å². The zero-order valence-electron chi connectivity index (χ0n) is 11.6. The van der Waals surface area contributed by atoms with Crippen molar-refractivity contribution in [2.45, 2.75) is 25.6 Å². The lowest BCUT2D eigenvalue weighted by atomic mass is 10.2. The number of rotatable bonds is 3. The first-order valence-corrected chi connectivity index (χ1v) is 7.84. The first kappa shape index (κ1) is 14.6. The molecule has 1 aliphatic rings. The zero-order valence-corrected chi connectivity index (χ0v) is 13.7. The SMILES string of the molecule is COc1cc2c(=O)c(I)coc2cc1OC1CCCCO1. The number of methoxy groups -OCH3 is 1. The molecule has 112 valence electrons. The molecule has 3 rings (SSSR count). The third-order valence-corrected chi connectivity index (χ3v) is 4.16. The van der Waals surface area contributed by atoms with E-state index < -0.39 is 0 Å². The highest BCUT2D eigenvalue weighted by Crippen LogP contribution is 2.33. The Labute approximate surface area is 135 Å². The highest BCUT2D eigenvalue weighted by atomic mass is 127. The van der Waals surface area contributed by atoms with Crippen LogP contribution in [0.3, 0.4) is 0 Å². The van der Waals surface area contributed by atoms with E-state index in [1.165, 1.54) is 6.26 Å². The molecule has 0 saturated carbocycles. The maximum atomic E-state index is 12.1. The second-order valence-electron chi connectivity index (χ2n) is 4.83. The molecule has 1 unspecified atom stereocenters. The standard InChI is InChI=1S/C15H15IO5/c1-18-12-6-9-11(20-8-10(16)15(9)17)7-13(12)21-14-4-2-3-5-19-14/h6-8,14H,2-5H2,1H3. The summed E-state index contributed by atoms with van der Waals surface area (Å²) in [5.41, 5.74) is 0.405. The van der Waals surface area contributed by atoms with Gasteiger partial charge in [0.1, 0.15) is 11.8 Å². The molecular formula is C15H15IO5. The second-order valence-corrected chi connectivity index (χ2v) is 5.99. The van der Waals surface area contributed by atoms with E-state index in [2.05, 4.69) is 0 Å². The number of fused-ring (bicyclic) bond motifs is 1. The van der Waals surface area contributed by atoms with Gasteiger partial charge in [0.15, 0.2) is 17.8 Å². The Balaban J connectivity index is 2.01. The third-order valence-electron chi connectivity index (χ3n) is 3.41. The van der Waals surface area contributed by atoms with Crippen LogP contribution in [0, 0.1) is 3.57 Å². The molecule has 1 aliphatic heterocycles. The first-order chi connectivity index (χ1) is 10.2. The highest BCUT2D eigenvalue weighted by Gasteiger charge is 2.19. The molecule has 1 saturated heterocycles. The van der Waals surface area contributed by atoms with Gasteiger partial charge in [-0.1, -0.05) is 0 Å². The summed E-state index contributed by atoms with van der Waals surface area (Å²) >= 11 is 1.95. The Morgan fingerprint density at radius 2 is 2.14 bits per heavy atom. The minimum Gasteiger partial charge on any atom is -0.493 e. The fourth-order valence-corrected chi connectivity index (χ4v) is 2.73. The van der Waals surface area contributed by atoms with Crippen molar-refractivity contribution in [3.05, 3.63) is 32.2 Å². The topological polar surface area (TPSA) is 57.9 Å². The molecule has 0 amide bonds. The van der Waals surface area contributed by atoms with E-state index in [9.17, 15) is 4.79 Å². The molecule has 0 bridgehead atoms. The van der Waals surface area contributed by atoms with Crippen LogP contribution in [-0.4, -0.2) is 20.0 Å². The van der Waals surface area contributed by atoms with E-state index in [0.29, 0.717) is 32.6 Å². The Hall–Kier alpha value is -1.28. The van der Waals surface area contributed by atoms with Crippen LogP contribution in [0.25, 0.3) is 11.0 Å². The predicted molar refractivity (Wildman–Crippen MR) is 86.0 cm³/mol. The fraction of sp³-hybridized carbons (Fsp3) is 0.400. The van der Waals surface area contributed by atoms with Crippen LogP contribution < -0.4 is 14.9 Å². The fourth-order valence-electron chi connectivity index (χ4n) is 2.31. The third kappa shape index (κ3) is 3.01. The van der Waals surface area contributed by atoms with Crippen LogP contribution in [0.2, 0.25) is 0 Å². The number of hydrogen-bond donors (Lipinski definition) is 0. The van der Waals surface area contributed by atoms with E-state index in [1.54, 1.807) is 19.2 Å². The normalized spacial score (nSPS) is 18.7. The van der Waals surface area contributed by atoms with Gasteiger partial charge in [-0.2, -0.15) is 0 Å². The summed E-state index contributed by atoms with van der Waals surface area (Å²) in [6, 6.07) is 3.34. The van der Waals surface area contributed by atoms with Crippen molar-refractivity contribution in [2.24, 2.45) is 0 Å². The smallest absolute Gasteiger partial charge is 0.206 e. The summed E-state index contributed by atoms with van der Waals surface area (Å²) < 4.78 is 22.7. The van der Waals surface area contributed by atoms with Crippen LogP contribution in [0.1, 0.15) is 19.3 Å². The van der Waals surface area contributed by atoms with Gasteiger partial charge in [-0.25, -0.2) is 0 Å². The van der Waals surface area contributed by atoms with Gasteiger partial charge in [-0.3, -0.25) is 4.79 Å². The van der Waals surface area contributed by atoms with Gasteiger partial charge >= 0.3 is 0 Å². The molecule has 5 nitrogen and oxygen atoms in total. The Morgan fingerprint density at radius 3 is 2.86 bits per heavy atom. The number of ether oxygens (including phenoxy) is 3. The molecular weight excluding hydrogens is 387 g/mol. The van der Waals surface area contributed by atoms with Crippen molar-refractivity contribution >= 4 is 33.6 Å². The van der Waals surface area contributed by atoms with Crippen LogP contribution in [0.4, 0.5) is 0 Å². The second kappa shape index (κ2) is 6.23. The van der Waals surface area contributed by atoms with E-state index in [1.807, 2.05) is 22.6 Å². The molecule has 0 N–H and O–H groups in total. The predicted octanol–water partition coefficient (Wildman–Crippen LogP) is 3.31. The van der Waals surface area contributed by atoms with E-state index in [4.69, 9.17) is 18.6 Å². The zero-order chi connectivity index (χ0) is 14.8. The molecule has 2 aromatic rings. The van der Waals surface area contributed by atoms with E-state index >= 15 is 0 Å². The summed E-state index contributed by atoms with van der Waals surface area (Å²) in [5, 5.41) is 0.482. The lowest BCUT2D eigenvalue weighted by Gasteiger charge is -2.24. The minimum absolute atomic E-state index is 0.0735. The Bertz CT molecular complexity index is 703. The summed E-state index contributed by atoms with van der Waals surface area (Å²) in [6.45, 7) is 0.702. The molecule has 1 aromatic carbocycles. The first-order valence-electron chi connectivity index (χ1n) is 6.76. The van der Waals surface area contributed by atoms with Crippen molar-refractivity contribution < 1.29 is 18.6 Å². The quantitative estimate of drug-likeness (QED) is 0.738. The van der Waals surface area contributed by atoms with Crippen molar-refractivity contribution in [1.82, 2.24) is 0 Å². The Kier molecular flexibility index (Phi) is 4.34. The van der Waals surface area contributed by atoms with Gasteiger partial charge in [-0.05, 0) is 41.5 Å². The summed E-state index contributed by atoms with van der Waals surface area (Å²) in [7, 11) is 1.55. The molecule has 6 heteroatoms. The van der Waals surface area contributed by atoms with Crippen LogP contribution >= 0.6 is 22.6 Å². The molecule has 2 heterocycles.